The molecule has 2 heteroatoms. The molecule has 0 aromatic heterocycles. The fourth-order valence-electron chi connectivity index (χ4n) is 2.00. The van der Waals surface area contributed by atoms with Crippen LogP contribution in [0.3, 0.4) is 0 Å². The molecule has 0 spiro atoms. The van der Waals surface area contributed by atoms with Crippen molar-refractivity contribution in [2.24, 2.45) is 5.41 Å². The van der Waals surface area contributed by atoms with Gasteiger partial charge in [0, 0.05) is 0 Å². The van der Waals surface area contributed by atoms with Crippen molar-refractivity contribution < 1.29 is 9.53 Å². The van der Waals surface area contributed by atoms with Crippen molar-refractivity contribution in [3.8, 4) is 0 Å². The van der Waals surface area contributed by atoms with Crippen LogP contribution in [-0.2, 0) is 9.53 Å². The maximum Gasteiger partial charge on any atom is 0.312 e. The van der Waals surface area contributed by atoms with Gasteiger partial charge in [-0.1, -0.05) is 26.2 Å². The van der Waals surface area contributed by atoms with Crippen LogP contribution in [0.1, 0.15) is 39.0 Å². The van der Waals surface area contributed by atoms with E-state index in [1.165, 1.54) is 13.5 Å². The van der Waals surface area contributed by atoms with Crippen LogP contribution in [0.4, 0.5) is 0 Å². The van der Waals surface area contributed by atoms with Gasteiger partial charge in [-0.2, -0.15) is 0 Å². The van der Waals surface area contributed by atoms with Gasteiger partial charge in [0.15, 0.2) is 0 Å². The number of carbonyl (C=O) groups excluding carboxylic acids is 1. The first-order chi connectivity index (χ1) is 5.75. The van der Waals surface area contributed by atoms with Gasteiger partial charge >= 0.3 is 5.97 Å². The molecule has 0 bridgehead atoms. The number of hydrogen-bond acceptors (Lipinski definition) is 2. The van der Waals surface area contributed by atoms with Gasteiger partial charge in [0.25, 0.3) is 0 Å². The minimum atomic E-state index is -0.257. The van der Waals surface area contributed by atoms with Gasteiger partial charge in [-0.05, 0) is 19.3 Å². The Labute approximate surface area is 74.3 Å². The van der Waals surface area contributed by atoms with Gasteiger partial charge in [0.05, 0.1) is 12.5 Å². The summed E-state index contributed by atoms with van der Waals surface area (Å²) in [5.41, 5.74) is -0.257. The molecule has 0 aromatic carbocycles. The molecule has 69 valence electrons. The minimum Gasteiger partial charge on any atom is -0.469 e. The molecule has 12 heavy (non-hydrogen) atoms. The Bertz CT molecular complexity index is 157. The van der Waals surface area contributed by atoms with Gasteiger partial charge in [0.2, 0.25) is 0 Å². The van der Waals surface area contributed by atoms with E-state index < -0.39 is 0 Å². The number of methoxy groups -OCH3 is 1. The molecule has 1 aliphatic rings. The average molecular weight is 169 g/mol. The van der Waals surface area contributed by atoms with Crippen molar-refractivity contribution >= 4 is 5.97 Å². The molecule has 0 amide bonds. The molecule has 1 fully saturated rings. The summed E-state index contributed by atoms with van der Waals surface area (Å²) in [4.78, 5) is 11.5. The Kier molecular flexibility index (Phi) is 3.12. The van der Waals surface area contributed by atoms with Crippen LogP contribution >= 0.6 is 0 Å². The van der Waals surface area contributed by atoms with E-state index in [1.807, 2.05) is 13.3 Å². The predicted molar refractivity (Wildman–Crippen MR) is 47.5 cm³/mol. The topological polar surface area (TPSA) is 26.3 Å². The Morgan fingerprint density at radius 2 is 1.92 bits per heavy atom. The van der Waals surface area contributed by atoms with E-state index >= 15 is 0 Å². The fourth-order valence-corrected chi connectivity index (χ4v) is 2.00. The number of rotatable bonds is 2. The summed E-state index contributed by atoms with van der Waals surface area (Å²) in [6.07, 6.45) is 7.51. The van der Waals surface area contributed by atoms with E-state index in [0.29, 0.717) is 0 Å². The molecular formula is C10H17O2. The van der Waals surface area contributed by atoms with Crippen LogP contribution in [0.2, 0.25) is 0 Å². The first kappa shape index (κ1) is 9.56. The zero-order valence-electron chi connectivity index (χ0n) is 7.93. The highest BCUT2D eigenvalue weighted by Crippen LogP contribution is 2.39. The minimum absolute atomic E-state index is 0.0512. The third-order valence-corrected chi connectivity index (χ3v) is 2.89. The van der Waals surface area contributed by atoms with Gasteiger partial charge in [-0.25, -0.2) is 0 Å². The van der Waals surface area contributed by atoms with Crippen LogP contribution in [-0.4, -0.2) is 13.1 Å². The van der Waals surface area contributed by atoms with Crippen LogP contribution in [0.5, 0.6) is 0 Å². The lowest BCUT2D eigenvalue weighted by Crippen LogP contribution is -2.34. The van der Waals surface area contributed by atoms with Crippen molar-refractivity contribution in [2.75, 3.05) is 7.11 Å². The molecule has 0 saturated heterocycles. The van der Waals surface area contributed by atoms with Gasteiger partial charge < -0.3 is 4.74 Å². The van der Waals surface area contributed by atoms with E-state index in [0.717, 1.165) is 25.7 Å². The molecule has 0 unspecified atom stereocenters. The predicted octanol–water partition coefficient (Wildman–Crippen LogP) is 2.33. The summed E-state index contributed by atoms with van der Waals surface area (Å²) in [7, 11) is 1.47. The lowest BCUT2D eigenvalue weighted by atomic mass is 9.72. The van der Waals surface area contributed by atoms with Crippen molar-refractivity contribution in [3.05, 3.63) is 6.42 Å². The molecule has 0 N–H and O–H groups in total. The standard InChI is InChI=1S/C10H17O2/c1-3-10(9(11)12-2)7-5-4-6-8-10/h3H,4-8H2,1-2H3. The van der Waals surface area contributed by atoms with Gasteiger partial charge in [-0.3, -0.25) is 4.79 Å². The SMILES string of the molecule is C[CH]C1(C(=O)OC)CCCCC1. The third kappa shape index (κ3) is 1.62. The largest absolute Gasteiger partial charge is 0.469 e. The first-order valence-corrected chi connectivity index (χ1v) is 4.64. The summed E-state index contributed by atoms with van der Waals surface area (Å²) in [5, 5.41) is 0. The first-order valence-electron chi connectivity index (χ1n) is 4.64. The fraction of sp³-hybridized carbons (Fsp3) is 0.800. The van der Waals surface area contributed by atoms with E-state index in [9.17, 15) is 4.79 Å². The smallest absolute Gasteiger partial charge is 0.312 e. The molecule has 1 aliphatic carbocycles. The van der Waals surface area contributed by atoms with E-state index in [1.54, 1.807) is 0 Å². The third-order valence-electron chi connectivity index (χ3n) is 2.89. The van der Waals surface area contributed by atoms with E-state index in [4.69, 9.17) is 4.74 Å². The molecule has 1 saturated carbocycles. The van der Waals surface area contributed by atoms with Crippen molar-refractivity contribution in [2.45, 2.75) is 39.0 Å². The number of hydrogen-bond donors (Lipinski definition) is 0. The van der Waals surface area contributed by atoms with Gasteiger partial charge in [-0.15, -0.1) is 0 Å². The maximum absolute atomic E-state index is 11.5. The lowest BCUT2D eigenvalue weighted by Gasteiger charge is -2.32. The molecular weight excluding hydrogens is 152 g/mol. The Balaban J connectivity index is 2.66. The molecule has 2 nitrogen and oxygen atoms in total. The van der Waals surface area contributed by atoms with Crippen LogP contribution < -0.4 is 0 Å². The summed E-state index contributed by atoms with van der Waals surface area (Å²) >= 11 is 0. The summed E-state index contributed by atoms with van der Waals surface area (Å²) in [5.74, 6) is -0.0512. The van der Waals surface area contributed by atoms with E-state index in [2.05, 4.69) is 0 Å². The molecule has 0 aliphatic heterocycles. The van der Waals surface area contributed by atoms with Gasteiger partial charge in [0.1, 0.15) is 0 Å². The zero-order valence-corrected chi connectivity index (χ0v) is 7.93. The van der Waals surface area contributed by atoms with E-state index in [-0.39, 0.29) is 11.4 Å². The van der Waals surface area contributed by atoms with Crippen molar-refractivity contribution in [3.63, 3.8) is 0 Å². The molecule has 0 atom stereocenters. The summed E-state index contributed by atoms with van der Waals surface area (Å²) < 4.78 is 4.81. The highest BCUT2D eigenvalue weighted by Gasteiger charge is 2.38. The lowest BCUT2D eigenvalue weighted by molar-refractivity contribution is -0.152. The Morgan fingerprint density at radius 1 is 1.33 bits per heavy atom. The zero-order chi connectivity index (χ0) is 9.03. The summed E-state index contributed by atoms with van der Waals surface area (Å²) in [6.45, 7) is 1.96. The second-order valence-electron chi connectivity index (χ2n) is 3.50. The second-order valence-corrected chi connectivity index (χ2v) is 3.50. The van der Waals surface area contributed by atoms with Crippen LogP contribution in [0.25, 0.3) is 0 Å². The summed E-state index contributed by atoms with van der Waals surface area (Å²) in [6, 6.07) is 0. The molecule has 1 radical (unpaired) electrons. The highest BCUT2D eigenvalue weighted by molar-refractivity contribution is 5.78. The van der Waals surface area contributed by atoms with Crippen LogP contribution in [0.15, 0.2) is 0 Å². The van der Waals surface area contributed by atoms with Crippen molar-refractivity contribution in [1.29, 1.82) is 0 Å². The molecule has 0 heterocycles. The normalized spacial score (nSPS) is 21.8. The second kappa shape index (κ2) is 3.92. The molecule has 1 rings (SSSR count). The average Bonchev–Trinajstić information content (AvgIpc) is 2.17. The van der Waals surface area contributed by atoms with Crippen LogP contribution in [0, 0.1) is 11.8 Å². The Morgan fingerprint density at radius 3 is 2.33 bits per heavy atom. The number of esters is 1. The quantitative estimate of drug-likeness (QED) is 0.593. The Hall–Kier alpha value is -0.530. The van der Waals surface area contributed by atoms with Crippen molar-refractivity contribution in [1.82, 2.24) is 0 Å². The highest BCUT2D eigenvalue weighted by atomic mass is 16.5. The monoisotopic (exact) mass is 169 g/mol. The number of carbonyl (C=O) groups is 1. The molecule has 0 aromatic rings. The number of ether oxygens (including phenoxy) is 1. The maximum atomic E-state index is 11.5.